The Kier molecular flexibility index (Phi) is 10.4. The van der Waals surface area contributed by atoms with Crippen LogP contribution in [0.4, 0.5) is 0 Å². The first-order valence-electron chi connectivity index (χ1n) is 4.02. The summed E-state index contributed by atoms with van der Waals surface area (Å²) in [5, 5.41) is 0.857. The Hall–Kier alpha value is -0.0800. The van der Waals surface area contributed by atoms with Gasteiger partial charge in [-0.1, -0.05) is 35.4 Å². The Balaban J connectivity index is 4.04. The van der Waals surface area contributed by atoms with Crippen LogP contribution < -0.4 is 0 Å². The Morgan fingerprint density at radius 1 is 0.867 bits per heavy atom. The molecule has 0 N–H and O–H groups in total. The van der Waals surface area contributed by atoms with Crippen molar-refractivity contribution in [3.05, 3.63) is 46.9 Å². The lowest BCUT2D eigenvalue weighted by Crippen LogP contribution is -1.73. The van der Waals surface area contributed by atoms with Crippen LogP contribution in [0.1, 0.15) is 0 Å². The summed E-state index contributed by atoms with van der Waals surface area (Å²) in [5.74, 6) is 0.804. The van der Waals surface area contributed by atoms with Crippen molar-refractivity contribution in [2.45, 2.75) is 0 Å². The first kappa shape index (κ1) is 14.9. The molecule has 0 spiro atoms. The van der Waals surface area contributed by atoms with Crippen LogP contribution in [0.5, 0.6) is 0 Å². The lowest BCUT2D eigenvalue weighted by Gasteiger charge is -1.92. The largest absolute Gasteiger partial charge is 0.470 e. The molecule has 0 fully saturated rings. The van der Waals surface area contributed by atoms with Gasteiger partial charge in [0.2, 0.25) is 0 Å². The van der Waals surface area contributed by atoms with Crippen LogP contribution in [0.3, 0.4) is 0 Å². The summed E-state index contributed by atoms with van der Waals surface area (Å²) >= 11 is 22.3. The normalized spacial score (nSPS) is 14.1. The lowest BCUT2D eigenvalue weighted by atomic mass is 10.5. The summed E-state index contributed by atoms with van der Waals surface area (Å²) < 4.78 is 4.97. The monoisotopic (exact) mass is 286 g/mol. The summed E-state index contributed by atoms with van der Waals surface area (Å²) in [6.07, 6.45) is 9.35. The van der Waals surface area contributed by atoms with Crippen LogP contribution in [-0.4, -0.2) is 11.8 Å². The Labute approximate surface area is 110 Å². The SMILES string of the molecule is ClCC=CC(Cl)=COC=C(Cl)C=CCCl. The first-order valence-corrected chi connectivity index (χ1v) is 5.85. The van der Waals surface area contributed by atoms with Gasteiger partial charge >= 0.3 is 0 Å². The molecule has 0 aromatic rings. The molecule has 0 atom stereocenters. The van der Waals surface area contributed by atoms with E-state index in [1.165, 1.54) is 12.5 Å². The molecule has 0 unspecified atom stereocenters. The highest BCUT2D eigenvalue weighted by Crippen LogP contribution is 2.07. The van der Waals surface area contributed by atoms with Gasteiger partial charge < -0.3 is 4.74 Å². The van der Waals surface area contributed by atoms with Gasteiger partial charge in [-0.25, -0.2) is 0 Å². The first-order chi connectivity index (χ1) is 7.20. The van der Waals surface area contributed by atoms with E-state index >= 15 is 0 Å². The van der Waals surface area contributed by atoms with E-state index in [4.69, 9.17) is 51.1 Å². The van der Waals surface area contributed by atoms with Crippen molar-refractivity contribution in [1.29, 1.82) is 0 Å². The molecule has 5 heteroatoms. The maximum absolute atomic E-state index is 5.73. The fourth-order valence-corrected chi connectivity index (χ4v) is 1.02. The molecule has 0 rings (SSSR count). The summed E-state index contributed by atoms with van der Waals surface area (Å²) in [6, 6.07) is 0. The second-order valence-corrected chi connectivity index (χ2v) is 3.74. The van der Waals surface area contributed by atoms with Gasteiger partial charge in [0.25, 0.3) is 0 Å². The molecule has 0 amide bonds. The quantitative estimate of drug-likeness (QED) is 0.389. The van der Waals surface area contributed by atoms with E-state index in [0.29, 0.717) is 21.8 Å². The average Bonchev–Trinajstić information content (AvgIpc) is 2.23. The van der Waals surface area contributed by atoms with Crippen LogP contribution in [0, 0.1) is 0 Å². The lowest BCUT2D eigenvalue weighted by molar-refractivity contribution is 0.400. The van der Waals surface area contributed by atoms with Gasteiger partial charge in [-0.05, 0) is 12.2 Å². The van der Waals surface area contributed by atoms with Gasteiger partial charge in [0.15, 0.2) is 0 Å². The van der Waals surface area contributed by atoms with Crippen molar-refractivity contribution in [3.8, 4) is 0 Å². The van der Waals surface area contributed by atoms with Crippen molar-refractivity contribution in [2.24, 2.45) is 0 Å². The number of rotatable bonds is 6. The molecule has 0 aliphatic heterocycles. The molecule has 0 saturated heterocycles. The van der Waals surface area contributed by atoms with Crippen molar-refractivity contribution < 1.29 is 4.74 Å². The highest BCUT2D eigenvalue weighted by atomic mass is 35.5. The zero-order valence-corrected chi connectivity index (χ0v) is 10.8. The summed E-state index contributed by atoms with van der Waals surface area (Å²) in [5.41, 5.74) is 0. The number of halogens is 4. The van der Waals surface area contributed by atoms with E-state index in [9.17, 15) is 0 Å². The zero-order valence-electron chi connectivity index (χ0n) is 7.80. The highest BCUT2D eigenvalue weighted by molar-refractivity contribution is 6.31. The minimum Gasteiger partial charge on any atom is -0.470 e. The maximum Gasteiger partial charge on any atom is 0.109 e. The molecular formula is C10H10Cl4O. The third-order valence-corrected chi connectivity index (χ3v) is 1.88. The number of hydrogen-bond donors (Lipinski definition) is 0. The van der Waals surface area contributed by atoms with Crippen LogP contribution in [0.15, 0.2) is 46.9 Å². The molecule has 0 aromatic heterocycles. The van der Waals surface area contributed by atoms with Crippen molar-refractivity contribution in [2.75, 3.05) is 11.8 Å². The number of hydrogen-bond acceptors (Lipinski definition) is 1. The maximum atomic E-state index is 5.73. The Morgan fingerprint density at radius 2 is 1.27 bits per heavy atom. The molecule has 0 aromatic carbocycles. The molecule has 0 saturated carbocycles. The number of allylic oxidation sites excluding steroid dienone is 6. The molecule has 84 valence electrons. The summed E-state index contributed by atoms with van der Waals surface area (Å²) in [4.78, 5) is 0. The van der Waals surface area contributed by atoms with E-state index in [0.717, 1.165) is 0 Å². The summed E-state index contributed by atoms with van der Waals surface area (Å²) in [6.45, 7) is 0. The molecule has 15 heavy (non-hydrogen) atoms. The molecule has 1 nitrogen and oxygen atoms in total. The van der Waals surface area contributed by atoms with Crippen molar-refractivity contribution >= 4 is 46.4 Å². The minimum atomic E-state index is 0.402. The van der Waals surface area contributed by atoms with Gasteiger partial charge in [0.05, 0.1) is 10.1 Å². The predicted molar refractivity (Wildman–Crippen MR) is 68.7 cm³/mol. The van der Waals surface area contributed by atoms with Crippen LogP contribution in [0.25, 0.3) is 0 Å². The molecule has 0 aliphatic carbocycles. The minimum absolute atomic E-state index is 0.402. The third-order valence-electron chi connectivity index (χ3n) is 1.09. The highest BCUT2D eigenvalue weighted by Gasteiger charge is 1.86. The molecule has 0 aliphatic rings. The number of ether oxygens (including phenoxy) is 1. The third kappa shape index (κ3) is 10.2. The van der Waals surface area contributed by atoms with Crippen LogP contribution in [0.2, 0.25) is 0 Å². The molecule has 0 heterocycles. The summed E-state index contributed by atoms with van der Waals surface area (Å²) in [7, 11) is 0. The standard InChI is InChI=1S/C10H10Cl4O/c11-5-1-3-9(13)7-15-8-10(14)4-2-6-12/h1-4,7-8H,5-6H2. The fourth-order valence-electron chi connectivity index (χ4n) is 0.557. The smallest absolute Gasteiger partial charge is 0.109 e. The van der Waals surface area contributed by atoms with Gasteiger partial charge in [0, 0.05) is 11.8 Å². The molecule has 0 radical (unpaired) electrons. The van der Waals surface area contributed by atoms with E-state index in [-0.39, 0.29) is 0 Å². The average molecular weight is 288 g/mol. The van der Waals surface area contributed by atoms with Crippen LogP contribution in [-0.2, 0) is 4.74 Å². The van der Waals surface area contributed by atoms with Gasteiger partial charge in [0.1, 0.15) is 12.5 Å². The van der Waals surface area contributed by atoms with Crippen molar-refractivity contribution in [1.82, 2.24) is 0 Å². The van der Waals surface area contributed by atoms with Gasteiger partial charge in [-0.15, -0.1) is 23.2 Å². The van der Waals surface area contributed by atoms with E-state index in [2.05, 4.69) is 0 Å². The zero-order chi connectivity index (χ0) is 11.5. The topological polar surface area (TPSA) is 9.23 Å². The predicted octanol–water partition coefficient (Wildman–Crippen LogP) is 4.75. The number of alkyl halides is 2. The Bertz CT molecular complexity index is 251. The van der Waals surface area contributed by atoms with Gasteiger partial charge in [-0.3, -0.25) is 0 Å². The van der Waals surface area contributed by atoms with Gasteiger partial charge in [-0.2, -0.15) is 0 Å². The molecule has 0 bridgehead atoms. The molecular weight excluding hydrogens is 278 g/mol. The Morgan fingerprint density at radius 3 is 1.60 bits per heavy atom. The van der Waals surface area contributed by atoms with E-state index < -0.39 is 0 Å². The second-order valence-electron chi connectivity index (χ2n) is 2.25. The van der Waals surface area contributed by atoms with Crippen molar-refractivity contribution in [3.63, 3.8) is 0 Å². The second kappa shape index (κ2) is 10.4. The van der Waals surface area contributed by atoms with E-state index in [1.807, 2.05) is 0 Å². The van der Waals surface area contributed by atoms with Crippen LogP contribution >= 0.6 is 46.4 Å². The fraction of sp³-hybridized carbons (Fsp3) is 0.200. The van der Waals surface area contributed by atoms with E-state index in [1.54, 1.807) is 24.3 Å².